The number of hydrogen-bond acceptors (Lipinski definition) is 3. The molecule has 3 nitrogen and oxygen atoms in total. The molecule has 0 amide bonds. The van der Waals surface area contributed by atoms with Gasteiger partial charge in [0.15, 0.2) is 5.58 Å². The third-order valence-electron chi connectivity index (χ3n) is 2.18. The van der Waals surface area contributed by atoms with Crippen molar-refractivity contribution >= 4 is 11.1 Å². The molecule has 1 aromatic heterocycles. The van der Waals surface area contributed by atoms with Gasteiger partial charge in [0, 0.05) is 0 Å². The molecule has 2 aromatic rings. The zero-order valence-electron chi connectivity index (χ0n) is 8.42. The molecule has 0 aliphatic heterocycles. The zero-order chi connectivity index (χ0) is 10.3. The van der Waals surface area contributed by atoms with Gasteiger partial charge in [0.25, 0.3) is 0 Å². The lowest BCUT2D eigenvalue weighted by Crippen LogP contribution is -2.06. The van der Waals surface area contributed by atoms with E-state index in [-0.39, 0.29) is 5.63 Å². The molecule has 1 heterocycles. The van der Waals surface area contributed by atoms with E-state index in [0.29, 0.717) is 11.3 Å². The summed E-state index contributed by atoms with van der Waals surface area (Å²) < 4.78 is 5.16. The summed E-state index contributed by atoms with van der Waals surface area (Å²) in [6.07, 6.45) is 0. The third kappa shape index (κ3) is 1.31. The van der Waals surface area contributed by atoms with Gasteiger partial charge in [-0.2, -0.15) is 0 Å². The Labute approximate surface area is 81.4 Å². The van der Waals surface area contributed by atoms with Crippen molar-refractivity contribution in [3.05, 3.63) is 39.4 Å². The number of fused-ring (bicyclic) bond motifs is 1. The number of rotatable bonds is 0. The monoisotopic (exact) mass is 189 g/mol. The largest absolute Gasteiger partial charge is 0.419 e. The topological polar surface area (TPSA) is 43.1 Å². The fraction of sp³-hybridized carbons (Fsp3) is 0.273. The molecule has 0 bridgehead atoms. The first-order chi connectivity index (χ1) is 6.58. The first-order valence-electron chi connectivity index (χ1n) is 4.46. The predicted molar refractivity (Wildman–Crippen MR) is 54.5 cm³/mol. The fourth-order valence-corrected chi connectivity index (χ4v) is 1.54. The lowest BCUT2D eigenvalue weighted by Gasteiger charge is -2.02. The lowest BCUT2D eigenvalue weighted by molar-refractivity contribution is 0.545. The van der Waals surface area contributed by atoms with Crippen LogP contribution >= 0.6 is 0 Å². The van der Waals surface area contributed by atoms with Crippen LogP contribution in [0.2, 0.25) is 0 Å². The summed E-state index contributed by atoms with van der Waals surface area (Å²) in [5, 5.41) is 0. The van der Waals surface area contributed by atoms with Crippen LogP contribution in [-0.4, -0.2) is 4.98 Å². The van der Waals surface area contributed by atoms with Crippen molar-refractivity contribution in [1.29, 1.82) is 0 Å². The molecule has 1 aromatic carbocycles. The van der Waals surface area contributed by atoms with Crippen molar-refractivity contribution < 1.29 is 4.42 Å². The molecule has 0 fully saturated rings. The number of benzene rings is 1. The highest BCUT2D eigenvalue weighted by Crippen LogP contribution is 2.17. The van der Waals surface area contributed by atoms with E-state index in [4.69, 9.17) is 4.42 Å². The second-order valence-corrected chi connectivity index (χ2v) is 3.52. The Balaban J connectivity index is 2.96. The second-order valence-electron chi connectivity index (χ2n) is 3.52. The Morgan fingerprint density at radius 2 is 1.93 bits per heavy atom. The van der Waals surface area contributed by atoms with Crippen molar-refractivity contribution in [2.75, 3.05) is 0 Å². The number of aromatic nitrogens is 1. The smallest absolute Gasteiger partial charge is 0.357 e. The minimum absolute atomic E-state index is 0.357. The fourth-order valence-electron chi connectivity index (χ4n) is 1.54. The van der Waals surface area contributed by atoms with E-state index in [2.05, 4.69) is 4.98 Å². The molecule has 0 N–H and O–H groups in total. The first kappa shape index (κ1) is 8.94. The Bertz CT molecular complexity index is 555. The normalized spacial score (nSPS) is 10.8. The number of nitrogens with zero attached hydrogens (tertiary/aromatic N) is 1. The summed E-state index contributed by atoms with van der Waals surface area (Å²) in [5.74, 6) is 0. The van der Waals surface area contributed by atoms with Crippen LogP contribution in [0.15, 0.2) is 21.3 Å². The molecule has 3 heteroatoms. The maximum Gasteiger partial charge on any atom is 0.357 e. The van der Waals surface area contributed by atoms with Gasteiger partial charge in [0.1, 0.15) is 11.2 Å². The highest BCUT2D eigenvalue weighted by Gasteiger charge is 2.05. The first-order valence-corrected chi connectivity index (χ1v) is 4.46. The van der Waals surface area contributed by atoms with E-state index in [1.807, 2.05) is 26.0 Å². The van der Waals surface area contributed by atoms with E-state index < -0.39 is 0 Å². The van der Waals surface area contributed by atoms with Gasteiger partial charge in [-0.05, 0) is 38.0 Å². The molecule has 14 heavy (non-hydrogen) atoms. The lowest BCUT2D eigenvalue weighted by atomic mass is 10.1. The molecule has 72 valence electrons. The van der Waals surface area contributed by atoms with Gasteiger partial charge < -0.3 is 4.42 Å². The van der Waals surface area contributed by atoms with E-state index >= 15 is 0 Å². The van der Waals surface area contributed by atoms with Crippen molar-refractivity contribution in [2.45, 2.75) is 20.8 Å². The summed E-state index contributed by atoms with van der Waals surface area (Å²) >= 11 is 0. The van der Waals surface area contributed by atoms with Crippen molar-refractivity contribution in [1.82, 2.24) is 4.98 Å². The van der Waals surface area contributed by atoms with Crippen LogP contribution in [-0.2, 0) is 0 Å². The van der Waals surface area contributed by atoms with Crippen molar-refractivity contribution in [2.24, 2.45) is 0 Å². The van der Waals surface area contributed by atoms with Gasteiger partial charge in [0.05, 0.1) is 0 Å². The molecule has 0 spiro atoms. The SMILES string of the molecule is Cc1cc(C)c2oc(=O)c(C)nc2c1. The average Bonchev–Trinajstić information content (AvgIpc) is 2.08. The van der Waals surface area contributed by atoms with Crippen LogP contribution in [0.25, 0.3) is 11.1 Å². The maximum atomic E-state index is 11.2. The van der Waals surface area contributed by atoms with Gasteiger partial charge in [-0.1, -0.05) is 6.07 Å². The minimum Gasteiger partial charge on any atom is -0.419 e. The molecular formula is C11H11NO2. The van der Waals surface area contributed by atoms with Crippen molar-refractivity contribution in [3.8, 4) is 0 Å². The van der Waals surface area contributed by atoms with Crippen LogP contribution in [0.5, 0.6) is 0 Å². The van der Waals surface area contributed by atoms with E-state index in [1.165, 1.54) is 0 Å². The zero-order valence-corrected chi connectivity index (χ0v) is 8.42. The highest BCUT2D eigenvalue weighted by molar-refractivity contribution is 5.76. The standard InChI is InChI=1S/C11H11NO2/c1-6-4-7(2)10-9(5-6)12-8(3)11(13)14-10/h4-5H,1-3H3. The van der Waals surface area contributed by atoms with E-state index in [1.54, 1.807) is 6.92 Å². The maximum absolute atomic E-state index is 11.2. The Morgan fingerprint density at radius 3 is 2.64 bits per heavy atom. The average molecular weight is 189 g/mol. The number of hydrogen-bond donors (Lipinski definition) is 0. The van der Waals surface area contributed by atoms with Crippen LogP contribution in [0.4, 0.5) is 0 Å². The van der Waals surface area contributed by atoms with E-state index in [9.17, 15) is 4.79 Å². The Kier molecular flexibility index (Phi) is 1.88. The molecule has 0 saturated carbocycles. The summed E-state index contributed by atoms with van der Waals surface area (Å²) in [6, 6.07) is 3.89. The minimum atomic E-state index is -0.357. The summed E-state index contributed by atoms with van der Waals surface area (Å²) in [5.41, 5.74) is 3.46. The quantitative estimate of drug-likeness (QED) is 0.637. The van der Waals surface area contributed by atoms with Gasteiger partial charge in [-0.3, -0.25) is 0 Å². The van der Waals surface area contributed by atoms with Crippen LogP contribution in [0, 0.1) is 20.8 Å². The molecule has 2 rings (SSSR count). The number of aryl methyl sites for hydroxylation is 3. The highest BCUT2D eigenvalue weighted by atomic mass is 16.4. The molecule has 0 atom stereocenters. The van der Waals surface area contributed by atoms with Gasteiger partial charge in [-0.25, -0.2) is 9.78 Å². The summed E-state index contributed by atoms with van der Waals surface area (Å²) in [7, 11) is 0. The van der Waals surface area contributed by atoms with Crippen LogP contribution in [0.3, 0.4) is 0 Å². The van der Waals surface area contributed by atoms with Crippen molar-refractivity contribution in [3.63, 3.8) is 0 Å². The molecule has 0 radical (unpaired) electrons. The predicted octanol–water partition coefficient (Wildman–Crippen LogP) is 2.11. The molecule has 0 saturated heterocycles. The molecule has 0 aliphatic rings. The van der Waals surface area contributed by atoms with Crippen LogP contribution < -0.4 is 5.63 Å². The Hall–Kier alpha value is -1.64. The van der Waals surface area contributed by atoms with Gasteiger partial charge in [-0.15, -0.1) is 0 Å². The van der Waals surface area contributed by atoms with Gasteiger partial charge in [0.2, 0.25) is 0 Å². The third-order valence-corrected chi connectivity index (χ3v) is 2.18. The van der Waals surface area contributed by atoms with Gasteiger partial charge >= 0.3 is 5.63 Å². The van der Waals surface area contributed by atoms with E-state index in [0.717, 1.165) is 16.6 Å². The summed E-state index contributed by atoms with van der Waals surface area (Å²) in [6.45, 7) is 5.56. The second kappa shape index (κ2) is 2.94. The Morgan fingerprint density at radius 1 is 1.21 bits per heavy atom. The van der Waals surface area contributed by atoms with Crippen LogP contribution in [0.1, 0.15) is 16.8 Å². The molecule has 0 aliphatic carbocycles. The summed E-state index contributed by atoms with van der Waals surface area (Å²) in [4.78, 5) is 15.4. The molecule has 0 unspecified atom stereocenters. The molecular weight excluding hydrogens is 178 g/mol.